The van der Waals surface area contributed by atoms with Crippen molar-refractivity contribution < 1.29 is 9.47 Å². The molecule has 5 unspecified atom stereocenters. The van der Waals surface area contributed by atoms with Gasteiger partial charge in [0.25, 0.3) is 0 Å². The minimum Gasteiger partial charge on any atom is -0.493 e. The van der Waals surface area contributed by atoms with Crippen LogP contribution in [0, 0.1) is 10.8 Å². The third kappa shape index (κ3) is 1.33. The monoisotopic (exact) mass is 299 g/mol. The zero-order valence-electron chi connectivity index (χ0n) is 13.7. The summed E-state index contributed by atoms with van der Waals surface area (Å²) in [5, 5.41) is 0. The molecule has 1 aromatic carbocycles. The van der Waals surface area contributed by atoms with Gasteiger partial charge in [0.2, 0.25) is 0 Å². The van der Waals surface area contributed by atoms with Crippen molar-refractivity contribution >= 4 is 0 Å². The highest BCUT2D eigenvalue weighted by molar-refractivity contribution is 5.56. The Bertz CT molecular complexity index is 627. The number of methoxy groups -OCH3 is 2. The molecule has 5 rings (SSSR count). The SMILES string of the molecule is COc1cc2c(cc1OC)C1CC3(N)CC4(C)CC2C1(C4)C3. The number of nitrogens with two attached hydrogens (primary N) is 1. The molecule has 3 nitrogen and oxygen atoms in total. The molecule has 0 aliphatic heterocycles. The summed E-state index contributed by atoms with van der Waals surface area (Å²) in [6.45, 7) is 2.47. The maximum atomic E-state index is 6.82. The molecule has 4 aliphatic carbocycles. The Balaban J connectivity index is 1.74. The lowest BCUT2D eigenvalue weighted by atomic mass is 9.66. The van der Waals surface area contributed by atoms with Gasteiger partial charge in [-0.2, -0.15) is 0 Å². The highest BCUT2D eigenvalue weighted by Gasteiger charge is 2.71. The molecule has 2 N–H and O–H groups in total. The molecule has 4 aliphatic rings. The van der Waals surface area contributed by atoms with Crippen LogP contribution in [0.4, 0.5) is 0 Å². The molecule has 0 saturated heterocycles. The van der Waals surface area contributed by atoms with E-state index in [2.05, 4.69) is 19.1 Å². The molecular weight excluding hydrogens is 274 g/mol. The fourth-order valence-electron chi connectivity index (χ4n) is 7.17. The van der Waals surface area contributed by atoms with Gasteiger partial charge in [-0.25, -0.2) is 0 Å². The molecule has 3 heteroatoms. The van der Waals surface area contributed by atoms with Gasteiger partial charge in [0, 0.05) is 5.54 Å². The Morgan fingerprint density at radius 3 is 2.14 bits per heavy atom. The lowest BCUT2D eigenvalue weighted by molar-refractivity contribution is 0.133. The summed E-state index contributed by atoms with van der Waals surface area (Å²) in [4.78, 5) is 0. The molecule has 3 fully saturated rings. The van der Waals surface area contributed by atoms with Gasteiger partial charge in [0.05, 0.1) is 14.2 Å². The van der Waals surface area contributed by atoms with E-state index in [0.717, 1.165) is 17.9 Å². The van der Waals surface area contributed by atoms with Crippen LogP contribution in [-0.4, -0.2) is 19.8 Å². The van der Waals surface area contributed by atoms with Crippen molar-refractivity contribution in [2.75, 3.05) is 14.2 Å². The normalized spacial score (nSPS) is 46.7. The molecule has 0 heterocycles. The molecule has 3 saturated carbocycles. The first-order chi connectivity index (χ1) is 10.4. The molecule has 22 heavy (non-hydrogen) atoms. The van der Waals surface area contributed by atoms with Crippen LogP contribution in [0.25, 0.3) is 0 Å². The van der Waals surface area contributed by atoms with Crippen molar-refractivity contribution in [3.05, 3.63) is 23.3 Å². The number of fused-ring (bicyclic) bond motifs is 5. The van der Waals surface area contributed by atoms with E-state index in [4.69, 9.17) is 15.2 Å². The first kappa shape index (κ1) is 13.2. The molecule has 1 aromatic rings. The van der Waals surface area contributed by atoms with Gasteiger partial charge in [-0.05, 0) is 78.0 Å². The second-order valence-electron chi connectivity index (χ2n) is 8.79. The third-order valence-corrected chi connectivity index (χ3v) is 7.25. The molecular formula is C19H25NO2. The van der Waals surface area contributed by atoms with Crippen LogP contribution >= 0.6 is 0 Å². The Kier molecular flexibility index (Phi) is 2.19. The molecule has 0 aromatic heterocycles. The summed E-state index contributed by atoms with van der Waals surface area (Å²) in [7, 11) is 3.46. The largest absolute Gasteiger partial charge is 0.493 e. The van der Waals surface area contributed by atoms with E-state index in [1.807, 2.05) is 0 Å². The fraction of sp³-hybridized carbons (Fsp3) is 0.684. The Hall–Kier alpha value is -1.22. The molecule has 5 atom stereocenters. The van der Waals surface area contributed by atoms with Gasteiger partial charge in [-0.1, -0.05) is 6.92 Å². The van der Waals surface area contributed by atoms with E-state index in [-0.39, 0.29) is 5.54 Å². The smallest absolute Gasteiger partial charge is 0.161 e. The molecule has 0 amide bonds. The zero-order valence-corrected chi connectivity index (χ0v) is 13.7. The standard InChI is InChI=1S/C19H25NO2/c1-17-6-13-11-4-15(21-2)16(22-3)5-12(11)14-7-18(20,8-17)10-19(13,14)9-17/h4-5,13-14H,6-10,20H2,1-3H3. The van der Waals surface area contributed by atoms with Crippen LogP contribution in [0.2, 0.25) is 0 Å². The van der Waals surface area contributed by atoms with Crippen LogP contribution in [0.5, 0.6) is 11.5 Å². The molecule has 1 spiro atoms. The Morgan fingerprint density at radius 2 is 1.55 bits per heavy atom. The van der Waals surface area contributed by atoms with Crippen molar-refractivity contribution in [1.82, 2.24) is 0 Å². The van der Waals surface area contributed by atoms with Gasteiger partial charge in [-0.15, -0.1) is 0 Å². The summed E-state index contributed by atoms with van der Waals surface area (Å²) >= 11 is 0. The quantitative estimate of drug-likeness (QED) is 0.908. The summed E-state index contributed by atoms with van der Waals surface area (Å²) in [5.41, 5.74) is 10.8. The van der Waals surface area contributed by atoms with Crippen molar-refractivity contribution in [3.8, 4) is 11.5 Å². The topological polar surface area (TPSA) is 44.5 Å². The first-order valence-electron chi connectivity index (χ1n) is 8.47. The third-order valence-electron chi connectivity index (χ3n) is 7.25. The molecule has 118 valence electrons. The lowest BCUT2D eigenvalue weighted by Crippen LogP contribution is -2.45. The van der Waals surface area contributed by atoms with Crippen LogP contribution < -0.4 is 15.2 Å². The number of rotatable bonds is 2. The van der Waals surface area contributed by atoms with E-state index in [1.165, 1.54) is 36.8 Å². The summed E-state index contributed by atoms with van der Waals surface area (Å²) in [5.74, 6) is 3.04. The van der Waals surface area contributed by atoms with Crippen molar-refractivity contribution in [2.24, 2.45) is 16.6 Å². The maximum absolute atomic E-state index is 6.82. The van der Waals surface area contributed by atoms with Crippen molar-refractivity contribution in [2.45, 2.75) is 56.4 Å². The van der Waals surface area contributed by atoms with Gasteiger partial charge in [-0.3, -0.25) is 0 Å². The predicted octanol–water partition coefficient (Wildman–Crippen LogP) is 3.57. The second kappa shape index (κ2) is 3.64. The van der Waals surface area contributed by atoms with Crippen LogP contribution in [0.1, 0.15) is 62.0 Å². The average molecular weight is 299 g/mol. The number of benzene rings is 1. The minimum absolute atomic E-state index is 0.0667. The van der Waals surface area contributed by atoms with Crippen LogP contribution in [-0.2, 0) is 0 Å². The number of hydrogen-bond donors (Lipinski definition) is 1. The molecule has 3 bridgehead atoms. The Labute approximate surface area is 132 Å². The zero-order chi connectivity index (χ0) is 15.3. The highest BCUT2D eigenvalue weighted by Crippen LogP contribution is 2.80. The summed E-state index contributed by atoms with van der Waals surface area (Å²) < 4.78 is 11.1. The van der Waals surface area contributed by atoms with Crippen LogP contribution in [0.3, 0.4) is 0 Å². The van der Waals surface area contributed by atoms with E-state index in [0.29, 0.717) is 22.7 Å². The number of hydrogen-bond acceptors (Lipinski definition) is 3. The predicted molar refractivity (Wildman–Crippen MR) is 85.6 cm³/mol. The van der Waals surface area contributed by atoms with E-state index in [1.54, 1.807) is 14.2 Å². The van der Waals surface area contributed by atoms with Gasteiger partial charge in [0.15, 0.2) is 11.5 Å². The summed E-state index contributed by atoms with van der Waals surface area (Å²) in [6.07, 6.45) is 6.22. The average Bonchev–Trinajstić information content (AvgIpc) is 2.92. The maximum Gasteiger partial charge on any atom is 0.161 e. The number of ether oxygens (including phenoxy) is 2. The van der Waals surface area contributed by atoms with Gasteiger partial charge >= 0.3 is 0 Å². The Morgan fingerprint density at radius 1 is 0.955 bits per heavy atom. The molecule has 0 radical (unpaired) electrons. The first-order valence-corrected chi connectivity index (χ1v) is 8.47. The van der Waals surface area contributed by atoms with E-state index < -0.39 is 0 Å². The van der Waals surface area contributed by atoms with Crippen molar-refractivity contribution in [3.63, 3.8) is 0 Å². The second-order valence-corrected chi connectivity index (χ2v) is 8.79. The lowest BCUT2D eigenvalue weighted by Gasteiger charge is -2.41. The van der Waals surface area contributed by atoms with Gasteiger partial charge in [0.1, 0.15) is 0 Å². The van der Waals surface area contributed by atoms with Gasteiger partial charge < -0.3 is 15.2 Å². The van der Waals surface area contributed by atoms with E-state index in [9.17, 15) is 0 Å². The fourth-order valence-corrected chi connectivity index (χ4v) is 7.17. The van der Waals surface area contributed by atoms with Crippen molar-refractivity contribution in [1.29, 1.82) is 0 Å². The summed E-state index contributed by atoms with van der Waals surface area (Å²) in [6, 6.07) is 4.50. The van der Waals surface area contributed by atoms with E-state index >= 15 is 0 Å². The minimum atomic E-state index is 0.0667. The van der Waals surface area contributed by atoms with Crippen LogP contribution in [0.15, 0.2) is 12.1 Å². The highest BCUT2D eigenvalue weighted by atomic mass is 16.5.